The van der Waals surface area contributed by atoms with Gasteiger partial charge in [0.05, 0.1) is 11.0 Å². The van der Waals surface area contributed by atoms with Crippen molar-refractivity contribution in [2.75, 3.05) is 17.7 Å². The van der Waals surface area contributed by atoms with E-state index in [0.717, 1.165) is 0 Å². The van der Waals surface area contributed by atoms with E-state index in [4.69, 9.17) is 0 Å². The number of nitrogens with zero attached hydrogens (tertiary/aromatic N) is 5. The van der Waals surface area contributed by atoms with Gasteiger partial charge in [0.25, 0.3) is 0 Å². The third-order valence-electron chi connectivity index (χ3n) is 2.81. The maximum Gasteiger partial charge on any atom is 0.311 e. The predicted octanol–water partition coefficient (Wildman–Crippen LogP) is 1.33. The summed E-state index contributed by atoms with van der Waals surface area (Å²) in [6.45, 7) is 1.83. The molecule has 0 spiro atoms. The molecule has 2 rings (SSSR count). The number of aryl methyl sites for hydroxylation is 1. The molecule has 9 nitrogen and oxygen atoms in total. The fourth-order valence-electron chi connectivity index (χ4n) is 1.80. The lowest BCUT2D eigenvalue weighted by atomic mass is 10.3. The zero-order valence-corrected chi connectivity index (χ0v) is 11.4. The Labute approximate surface area is 115 Å². The fraction of sp³-hybridized carbons (Fsp3) is 0.364. The van der Waals surface area contributed by atoms with Gasteiger partial charge in [0.1, 0.15) is 12.1 Å². The Morgan fingerprint density at radius 2 is 2.20 bits per heavy atom. The molecule has 0 saturated carbocycles. The van der Waals surface area contributed by atoms with Crippen LogP contribution >= 0.6 is 0 Å². The molecule has 0 amide bonds. The lowest BCUT2D eigenvalue weighted by molar-refractivity contribution is -0.384. The monoisotopic (exact) mass is 277 g/mol. The molecule has 2 aromatic rings. The summed E-state index contributed by atoms with van der Waals surface area (Å²) >= 11 is 0. The van der Waals surface area contributed by atoms with Crippen LogP contribution in [0, 0.1) is 10.1 Å². The normalized spacial score (nSPS) is 11.9. The minimum absolute atomic E-state index is 0.0852. The second kappa shape index (κ2) is 5.51. The summed E-state index contributed by atoms with van der Waals surface area (Å²) in [5.74, 6) is 1.40. The van der Waals surface area contributed by atoms with E-state index in [0.29, 0.717) is 11.6 Å². The van der Waals surface area contributed by atoms with Crippen LogP contribution in [-0.2, 0) is 7.05 Å². The van der Waals surface area contributed by atoms with Crippen molar-refractivity contribution in [3.05, 3.63) is 34.4 Å². The molecule has 0 aliphatic heterocycles. The number of rotatable bonds is 5. The number of nitro groups is 1. The highest BCUT2D eigenvalue weighted by Crippen LogP contribution is 2.27. The number of hydrogen-bond acceptors (Lipinski definition) is 7. The molecule has 0 fully saturated rings. The van der Waals surface area contributed by atoms with Gasteiger partial charge in [-0.15, -0.1) is 10.2 Å². The highest BCUT2D eigenvalue weighted by atomic mass is 16.6. The van der Waals surface area contributed by atoms with Crippen LogP contribution in [0.1, 0.15) is 18.8 Å². The van der Waals surface area contributed by atoms with Gasteiger partial charge in [-0.1, -0.05) is 0 Å². The molecule has 1 atom stereocenters. The van der Waals surface area contributed by atoms with Gasteiger partial charge in [0, 0.05) is 20.2 Å². The van der Waals surface area contributed by atoms with Gasteiger partial charge in [-0.25, -0.2) is 4.98 Å². The van der Waals surface area contributed by atoms with Crippen LogP contribution < -0.4 is 10.6 Å². The molecule has 106 valence electrons. The maximum absolute atomic E-state index is 11.0. The topological polar surface area (TPSA) is 111 Å². The van der Waals surface area contributed by atoms with E-state index >= 15 is 0 Å². The maximum atomic E-state index is 11.0. The summed E-state index contributed by atoms with van der Waals surface area (Å²) in [6, 6.07) is 2.70. The average Bonchev–Trinajstić information content (AvgIpc) is 2.84. The summed E-state index contributed by atoms with van der Waals surface area (Å²) in [7, 11) is 3.50. The molecule has 2 heterocycles. The summed E-state index contributed by atoms with van der Waals surface area (Å²) in [4.78, 5) is 14.7. The predicted molar refractivity (Wildman–Crippen MR) is 73.5 cm³/mol. The standard InChI is InChI=1S/C11H15N7O2/c1-7(11-16-13-6-17(11)3)14-10-8(18(19)20)4-5-9(12-2)15-10/h4-7H,1-3H3,(H2,12,14,15). The van der Waals surface area contributed by atoms with Gasteiger partial charge in [0.2, 0.25) is 5.82 Å². The van der Waals surface area contributed by atoms with Crippen molar-refractivity contribution in [3.63, 3.8) is 0 Å². The highest BCUT2D eigenvalue weighted by molar-refractivity contribution is 5.60. The third kappa shape index (κ3) is 2.66. The second-order valence-corrected chi connectivity index (χ2v) is 4.24. The van der Waals surface area contributed by atoms with E-state index in [-0.39, 0.29) is 17.5 Å². The Kier molecular flexibility index (Phi) is 3.78. The Balaban J connectivity index is 2.32. The van der Waals surface area contributed by atoms with Crippen LogP contribution in [0.2, 0.25) is 0 Å². The van der Waals surface area contributed by atoms with E-state index < -0.39 is 4.92 Å². The van der Waals surface area contributed by atoms with Crippen molar-refractivity contribution in [3.8, 4) is 0 Å². The van der Waals surface area contributed by atoms with Gasteiger partial charge in [0.15, 0.2) is 5.82 Å². The van der Waals surface area contributed by atoms with Crippen LogP contribution in [-0.4, -0.2) is 31.7 Å². The molecular formula is C11H15N7O2. The SMILES string of the molecule is CNc1ccc([N+](=O)[O-])c(NC(C)c2nncn2C)n1. The number of nitrogens with one attached hydrogen (secondary N) is 2. The van der Waals surface area contributed by atoms with Crippen molar-refractivity contribution in [1.29, 1.82) is 0 Å². The summed E-state index contributed by atoms with van der Waals surface area (Å²) < 4.78 is 1.74. The molecule has 0 bridgehead atoms. The molecule has 2 aromatic heterocycles. The fourth-order valence-corrected chi connectivity index (χ4v) is 1.80. The molecule has 0 radical (unpaired) electrons. The highest BCUT2D eigenvalue weighted by Gasteiger charge is 2.20. The smallest absolute Gasteiger partial charge is 0.311 e. The zero-order valence-electron chi connectivity index (χ0n) is 11.4. The van der Waals surface area contributed by atoms with Crippen molar-refractivity contribution in [2.24, 2.45) is 7.05 Å². The largest absolute Gasteiger partial charge is 0.373 e. The lowest BCUT2D eigenvalue weighted by Crippen LogP contribution is -2.14. The number of hydrogen-bond donors (Lipinski definition) is 2. The van der Waals surface area contributed by atoms with Gasteiger partial charge in [-0.3, -0.25) is 10.1 Å². The summed E-state index contributed by atoms with van der Waals surface area (Å²) in [5, 5.41) is 24.6. The number of pyridine rings is 1. The first-order chi connectivity index (χ1) is 9.52. The Morgan fingerprint density at radius 3 is 2.75 bits per heavy atom. The molecule has 0 saturated heterocycles. The van der Waals surface area contributed by atoms with Crippen molar-refractivity contribution in [2.45, 2.75) is 13.0 Å². The average molecular weight is 277 g/mol. The summed E-state index contributed by atoms with van der Waals surface area (Å²) in [6.07, 6.45) is 1.57. The Bertz CT molecular complexity index is 625. The van der Waals surface area contributed by atoms with Gasteiger partial charge < -0.3 is 15.2 Å². The van der Waals surface area contributed by atoms with Crippen molar-refractivity contribution in [1.82, 2.24) is 19.7 Å². The Hall–Kier alpha value is -2.71. The van der Waals surface area contributed by atoms with Crippen molar-refractivity contribution >= 4 is 17.3 Å². The molecule has 20 heavy (non-hydrogen) atoms. The second-order valence-electron chi connectivity index (χ2n) is 4.24. The first kappa shape index (κ1) is 13.7. The molecule has 0 aliphatic rings. The van der Waals surface area contributed by atoms with Crippen LogP contribution in [0.4, 0.5) is 17.3 Å². The van der Waals surface area contributed by atoms with Gasteiger partial charge in [-0.2, -0.15) is 0 Å². The molecular weight excluding hydrogens is 262 g/mol. The van der Waals surface area contributed by atoms with Gasteiger partial charge >= 0.3 is 5.69 Å². The van der Waals surface area contributed by atoms with Crippen LogP contribution in [0.25, 0.3) is 0 Å². The van der Waals surface area contributed by atoms with Crippen LogP contribution in [0.3, 0.4) is 0 Å². The lowest BCUT2D eigenvalue weighted by Gasteiger charge is -2.14. The number of anilines is 2. The van der Waals surface area contributed by atoms with E-state index in [9.17, 15) is 10.1 Å². The van der Waals surface area contributed by atoms with Crippen LogP contribution in [0.5, 0.6) is 0 Å². The molecule has 9 heteroatoms. The van der Waals surface area contributed by atoms with E-state index in [1.807, 2.05) is 6.92 Å². The van der Waals surface area contributed by atoms with Gasteiger partial charge in [-0.05, 0) is 13.0 Å². The zero-order chi connectivity index (χ0) is 14.7. The van der Waals surface area contributed by atoms with Crippen LogP contribution in [0.15, 0.2) is 18.5 Å². The Morgan fingerprint density at radius 1 is 1.45 bits per heavy atom. The minimum Gasteiger partial charge on any atom is -0.373 e. The third-order valence-corrected chi connectivity index (χ3v) is 2.81. The van der Waals surface area contributed by atoms with E-state index in [1.54, 1.807) is 31.1 Å². The minimum atomic E-state index is -0.474. The molecule has 0 aromatic carbocycles. The molecule has 0 aliphatic carbocycles. The quantitative estimate of drug-likeness (QED) is 0.626. The first-order valence-corrected chi connectivity index (χ1v) is 5.96. The molecule has 2 N–H and O–H groups in total. The summed E-state index contributed by atoms with van der Waals surface area (Å²) in [5.41, 5.74) is -0.0852. The number of aromatic nitrogens is 4. The van der Waals surface area contributed by atoms with Crippen molar-refractivity contribution < 1.29 is 4.92 Å². The molecule has 1 unspecified atom stereocenters. The van der Waals surface area contributed by atoms with E-state index in [1.165, 1.54) is 6.07 Å². The first-order valence-electron chi connectivity index (χ1n) is 5.96. The van der Waals surface area contributed by atoms with E-state index in [2.05, 4.69) is 25.8 Å².